The normalized spacial score (nSPS) is 20.8. The van der Waals surface area contributed by atoms with Gasteiger partial charge in [0.1, 0.15) is 0 Å². The van der Waals surface area contributed by atoms with Crippen LogP contribution >= 0.6 is 27.5 Å². The molecule has 1 unspecified atom stereocenters. The Hall–Kier alpha value is -0.210. The number of rotatable bonds is 3. The van der Waals surface area contributed by atoms with E-state index >= 15 is 0 Å². The van der Waals surface area contributed by atoms with Crippen molar-refractivity contribution >= 4 is 33.2 Å². The zero-order valence-electron chi connectivity index (χ0n) is 11.0. The molecule has 1 atom stereocenters. The van der Waals surface area contributed by atoms with Crippen molar-refractivity contribution in [1.29, 1.82) is 0 Å². The fourth-order valence-electron chi connectivity index (χ4n) is 2.76. The van der Waals surface area contributed by atoms with Gasteiger partial charge in [0, 0.05) is 29.1 Å². The molecule has 1 aliphatic heterocycles. The Kier molecular flexibility index (Phi) is 5.38. The zero-order valence-corrected chi connectivity index (χ0v) is 13.3. The number of alkyl halides is 1. The zero-order chi connectivity index (χ0) is 13.0. The van der Waals surface area contributed by atoms with E-state index in [2.05, 4.69) is 39.9 Å². The Morgan fingerprint density at radius 1 is 1.33 bits per heavy atom. The summed E-state index contributed by atoms with van der Waals surface area (Å²) in [4.78, 5) is 2.51. The Bertz CT molecular complexity index is 394. The smallest absolute Gasteiger partial charge is 0.0426 e. The van der Waals surface area contributed by atoms with Gasteiger partial charge in [-0.3, -0.25) is 0 Å². The fraction of sp³-hybridized carbons (Fsp3) is 0.600. The van der Waals surface area contributed by atoms with Gasteiger partial charge in [-0.2, -0.15) is 0 Å². The number of hydrogen-bond acceptors (Lipinski definition) is 1. The molecule has 2 rings (SSSR count). The molecular weight excluding hydrogens is 310 g/mol. The second-order valence-corrected chi connectivity index (χ2v) is 6.10. The van der Waals surface area contributed by atoms with E-state index in [1.54, 1.807) is 0 Å². The number of halogens is 2. The van der Waals surface area contributed by atoms with Crippen molar-refractivity contribution in [2.45, 2.75) is 37.9 Å². The first-order valence-corrected chi connectivity index (χ1v) is 8.34. The van der Waals surface area contributed by atoms with Crippen molar-refractivity contribution in [1.82, 2.24) is 0 Å². The monoisotopic (exact) mass is 329 g/mol. The van der Waals surface area contributed by atoms with E-state index < -0.39 is 0 Å². The summed E-state index contributed by atoms with van der Waals surface area (Å²) < 4.78 is 0. The van der Waals surface area contributed by atoms with E-state index in [9.17, 15) is 0 Å². The fourth-order valence-corrected chi connectivity index (χ4v) is 3.40. The summed E-state index contributed by atoms with van der Waals surface area (Å²) in [7, 11) is 0. The molecule has 0 spiro atoms. The lowest BCUT2D eigenvalue weighted by molar-refractivity contribution is 0.459. The highest BCUT2D eigenvalue weighted by Crippen LogP contribution is 2.30. The average molecular weight is 331 g/mol. The molecule has 0 amide bonds. The molecular formula is C15H21BrClN. The average Bonchev–Trinajstić information content (AvgIpc) is 2.63. The van der Waals surface area contributed by atoms with Crippen LogP contribution in [0.3, 0.4) is 0 Å². The molecule has 0 N–H and O–H groups in total. The summed E-state index contributed by atoms with van der Waals surface area (Å²) >= 11 is 9.72. The first kappa shape index (κ1) is 14.2. The van der Waals surface area contributed by atoms with Crippen molar-refractivity contribution in [3.8, 4) is 0 Å². The summed E-state index contributed by atoms with van der Waals surface area (Å²) in [5.41, 5.74) is 2.66. The van der Waals surface area contributed by atoms with Gasteiger partial charge >= 0.3 is 0 Å². The van der Waals surface area contributed by atoms with Crippen LogP contribution in [-0.4, -0.2) is 13.1 Å². The van der Waals surface area contributed by atoms with Crippen LogP contribution in [0.1, 0.15) is 38.2 Å². The molecule has 18 heavy (non-hydrogen) atoms. The minimum Gasteiger partial charge on any atom is -0.371 e. The first-order valence-electron chi connectivity index (χ1n) is 6.84. The van der Waals surface area contributed by atoms with Crippen molar-refractivity contribution in [3.63, 3.8) is 0 Å². The molecule has 1 aliphatic rings. The number of nitrogens with zero attached hydrogens (tertiary/aromatic N) is 1. The second-order valence-electron chi connectivity index (χ2n) is 5.10. The molecule has 0 aromatic heterocycles. The Balaban J connectivity index is 2.17. The Labute approximate surface area is 124 Å². The van der Waals surface area contributed by atoms with E-state index in [0.29, 0.717) is 0 Å². The molecule has 1 saturated heterocycles. The van der Waals surface area contributed by atoms with Gasteiger partial charge in [0.2, 0.25) is 0 Å². The third-order valence-corrected chi connectivity index (χ3v) is 4.80. The van der Waals surface area contributed by atoms with Gasteiger partial charge in [0.25, 0.3) is 0 Å². The van der Waals surface area contributed by atoms with Crippen LogP contribution in [0.5, 0.6) is 0 Å². The van der Waals surface area contributed by atoms with Crippen molar-refractivity contribution in [2.75, 3.05) is 18.0 Å². The van der Waals surface area contributed by atoms with Crippen molar-refractivity contribution in [2.24, 2.45) is 5.92 Å². The van der Waals surface area contributed by atoms with Gasteiger partial charge in [-0.1, -0.05) is 46.9 Å². The highest BCUT2D eigenvalue weighted by atomic mass is 79.9. The van der Waals surface area contributed by atoms with Gasteiger partial charge in [0.05, 0.1) is 0 Å². The molecule has 0 saturated carbocycles. The molecule has 1 fully saturated rings. The molecule has 1 heterocycles. The summed E-state index contributed by atoms with van der Waals surface area (Å²) in [6, 6.07) is 6.23. The van der Waals surface area contributed by atoms with Crippen LogP contribution in [-0.2, 0) is 5.33 Å². The van der Waals surface area contributed by atoms with Crippen LogP contribution < -0.4 is 4.90 Å². The SMILES string of the molecule is CCC1CCCN(c2cc(Cl)ccc2CBr)CC1. The maximum atomic E-state index is 6.15. The number of benzene rings is 1. The van der Waals surface area contributed by atoms with E-state index in [1.807, 2.05) is 6.07 Å². The van der Waals surface area contributed by atoms with Crippen molar-refractivity contribution in [3.05, 3.63) is 28.8 Å². The maximum absolute atomic E-state index is 6.15. The molecule has 1 aromatic carbocycles. The summed E-state index contributed by atoms with van der Waals surface area (Å²) in [6.07, 6.45) is 5.30. The molecule has 0 radical (unpaired) electrons. The van der Waals surface area contributed by atoms with E-state index in [1.165, 1.54) is 43.5 Å². The molecule has 0 bridgehead atoms. The van der Waals surface area contributed by atoms with Gasteiger partial charge in [-0.05, 0) is 42.9 Å². The molecule has 1 aromatic rings. The summed E-state index contributed by atoms with van der Waals surface area (Å²) in [5, 5.41) is 1.73. The van der Waals surface area contributed by atoms with Gasteiger partial charge in [-0.25, -0.2) is 0 Å². The lowest BCUT2D eigenvalue weighted by atomic mass is 9.98. The third-order valence-electron chi connectivity index (χ3n) is 3.96. The molecule has 0 aliphatic carbocycles. The number of hydrogen-bond donors (Lipinski definition) is 0. The lowest BCUT2D eigenvalue weighted by Crippen LogP contribution is -2.25. The standard InChI is InChI=1S/C15H21BrClN/c1-2-12-4-3-8-18(9-7-12)15-10-14(17)6-5-13(15)11-16/h5-6,10,12H,2-4,7-9,11H2,1H3. The highest BCUT2D eigenvalue weighted by Gasteiger charge is 2.17. The van der Waals surface area contributed by atoms with E-state index in [-0.39, 0.29) is 0 Å². The topological polar surface area (TPSA) is 3.24 Å². The Morgan fingerprint density at radius 2 is 2.17 bits per heavy atom. The predicted octanol–water partition coefficient (Wildman–Crippen LogP) is 5.25. The maximum Gasteiger partial charge on any atom is 0.0426 e. The summed E-state index contributed by atoms with van der Waals surface area (Å²) in [5.74, 6) is 0.904. The van der Waals surface area contributed by atoms with Crippen LogP contribution in [0.15, 0.2) is 18.2 Å². The third kappa shape index (κ3) is 3.42. The van der Waals surface area contributed by atoms with Crippen LogP contribution in [0.2, 0.25) is 5.02 Å². The van der Waals surface area contributed by atoms with Crippen LogP contribution in [0.25, 0.3) is 0 Å². The largest absolute Gasteiger partial charge is 0.371 e. The quantitative estimate of drug-likeness (QED) is 0.684. The van der Waals surface area contributed by atoms with Crippen LogP contribution in [0.4, 0.5) is 5.69 Å². The Morgan fingerprint density at radius 3 is 2.89 bits per heavy atom. The van der Waals surface area contributed by atoms with Gasteiger partial charge in [-0.15, -0.1) is 0 Å². The molecule has 1 nitrogen and oxygen atoms in total. The van der Waals surface area contributed by atoms with E-state index in [4.69, 9.17) is 11.6 Å². The van der Waals surface area contributed by atoms with Crippen LogP contribution in [0, 0.1) is 5.92 Å². The van der Waals surface area contributed by atoms with Gasteiger partial charge in [0.15, 0.2) is 0 Å². The minimum atomic E-state index is 0.839. The second kappa shape index (κ2) is 6.81. The highest BCUT2D eigenvalue weighted by molar-refractivity contribution is 9.08. The van der Waals surface area contributed by atoms with Gasteiger partial charge < -0.3 is 4.90 Å². The minimum absolute atomic E-state index is 0.839. The lowest BCUT2D eigenvalue weighted by Gasteiger charge is -2.25. The molecule has 3 heteroatoms. The van der Waals surface area contributed by atoms with Crippen molar-refractivity contribution < 1.29 is 0 Å². The summed E-state index contributed by atoms with van der Waals surface area (Å²) in [6.45, 7) is 4.64. The number of anilines is 1. The molecule has 100 valence electrons. The van der Waals surface area contributed by atoms with E-state index in [0.717, 1.165) is 22.8 Å². The predicted molar refractivity (Wildman–Crippen MR) is 83.9 cm³/mol. The first-order chi connectivity index (χ1) is 8.74.